The van der Waals surface area contributed by atoms with E-state index >= 15 is 0 Å². The second kappa shape index (κ2) is 5.92. The molecule has 0 aliphatic heterocycles. The maximum atomic E-state index is 12.0. The zero-order valence-electron chi connectivity index (χ0n) is 11.0. The van der Waals surface area contributed by atoms with Gasteiger partial charge in [-0.3, -0.25) is 0 Å². The number of hydrogen-bond acceptors (Lipinski definition) is 6. The van der Waals surface area contributed by atoms with Crippen LogP contribution in [0.4, 0.5) is 10.8 Å². The molecule has 5 nitrogen and oxygen atoms in total. The lowest BCUT2D eigenvalue weighted by Crippen LogP contribution is -2.10. The lowest BCUT2D eigenvalue weighted by atomic mass is 10.2. The van der Waals surface area contributed by atoms with Gasteiger partial charge in [0.15, 0.2) is 15.7 Å². The molecule has 0 atom stereocenters. The fraction of sp³-hybridized carbons (Fsp3) is 0.583. The summed E-state index contributed by atoms with van der Waals surface area (Å²) < 4.78 is 27.9. The van der Waals surface area contributed by atoms with E-state index in [2.05, 4.69) is 15.8 Å². The monoisotopic (exact) mass is 301 g/mol. The van der Waals surface area contributed by atoms with E-state index < -0.39 is 9.84 Å². The van der Waals surface area contributed by atoms with Gasteiger partial charge in [-0.05, 0) is 37.2 Å². The zero-order chi connectivity index (χ0) is 13.9. The summed E-state index contributed by atoms with van der Waals surface area (Å²) in [5.41, 5.74) is 7.11. The molecule has 0 fully saturated rings. The van der Waals surface area contributed by atoms with Crippen molar-refractivity contribution in [3.8, 4) is 0 Å². The Balaban J connectivity index is 2.04. The van der Waals surface area contributed by atoms with Gasteiger partial charge in [-0.1, -0.05) is 18.6 Å². The highest BCUT2D eigenvalue weighted by Gasteiger charge is 2.23. The summed E-state index contributed by atoms with van der Waals surface area (Å²) >= 11 is 1.12. The fourth-order valence-corrected chi connectivity index (χ4v) is 4.35. The minimum atomic E-state index is -3.32. The third kappa shape index (κ3) is 3.27. The van der Waals surface area contributed by atoms with Gasteiger partial charge >= 0.3 is 0 Å². The third-order valence-electron chi connectivity index (χ3n) is 3.23. The van der Waals surface area contributed by atoms with E-state index in [1.54, 1.807) is 6.92 Å². The van der Waals surface area contributed by atoms with Crippen LogP contribution in [0.2, 0.25) is 0 Å². The normalized spacial score (nSPS) is 15.5. The molecule has 1 aliphatic rings. The first-order valence-electron chi connectivity index (χ1n) is 6.44. The number of aromatic nitrogens is 1. The Bertz CT molecular complexity index is 576. The molecular weight excluding hydrogens is 282 g/mol. The largest absolute Gasteiger partial charge is 0.382 e. The van der Waals surface area contributed by atoms with Crippen LogP contribution >= 0.6 is 11.5 Å². The summed E-state index contributed by atoms with van der Waals surface area (Å²) in [4.78, 5) is 0.167. The predicted molar refractivity (Wildman–Crippen MR) is 79.3 cm³/mol. The molecule has 7 heteroatoms. The summed E-state index contributed by atoms with van der Waals surface area (Å²) in [5, 5.41) is 3.72. The molecule has 0 aromatic carbocycles. The number of rotatable bonds is 6. The Kier molecular flexibility index (Phi) is 4.46. The molecule has 3 N–H and O–H groups in total. The van der Waals surface area contributed by atoms with Crippen molar-refractivity contribution in [2.45, 2.75) is 37.5 Å². The predicted octanol–water partition coefficient (Wildman–Crippen LogP) is 2.43. The van der Waals surface area contributed by atoms with Gasteiger partial charge in [0.1, 0.15) is 9.90 Å². The molecular formula is C12H19N3O2S2. The van der Waals surface area contributed by atoms with Crippen molar-refractivity contribution in [2.24, 2.45) is 0 Å². The quantitative estimate of drug-likeness (QED) is 0.788. The second-order valence-corrected chi connectivity index (χ2v) is 7.55. The minimum Gasteiger partial charge on any atom is -0.382 e. The average Bonchev–Trinajstić information content (AvgIpc) is 3.00. The molecule has 0 bridgehead atoms. The minimum absolute atomic E-state index is 0.0371. The number of sulfone groups is 1. The fourth-order valence-electron chi connectivity index (χ4n) is 2.15. The van der Waals surface area contributed by atoms with Gasteiger partial charge in [0, 0.05) is 6.54 Å². The highest BCUT2D eigenvalue weighted by molar-refractivity contribution is 7.91. The molecule has 1 aromatic rings. The summed E-state index contributed by atoms with van der Waals surface area (Å²) in [6.07, 6.45) is 6.78. The van der Waals surface area contributed by atoms with Crippen LogP contribution in [-0.2, 0) is 9.84 Å². The molecule has 19 heavy (non-hydrogen) atoms. The van der Waals surface area contributed by atoms with Crippen molar-refractivity contribution in [3.63, 3.8) is 0 Å². The molecule has 106 valence electrons. The van der Waals surface area contributed by atoms with E-state index in [9.17, 15) is 8.42 Å². The number of nitrogens with zero attached hydrogens (tertiary/aromatic N) is 1. The first kappa shape index (κ1) is 14.3. The number of nitrogens with two attached hydrogens (primary N) is 1. The van der Waals surface area contributed by atoms with Gasteiger partial charge in [-0.15, -0.1) is 0 Å². The molecule has 0 unspecified atom stereocenters. The molecule has 0 spiro atoms. The Morgan fingerprint density at radius 3 is 2.95 bits per heavy atom. The van der Waals surface area contributed by atoms with E-state index in [0.29, 0.717) is 5.00 Å². The Labute approximate surface area is 118 Å². The van der Waals surface area contributed by atoms with Gasteiger partial charge < -0.3 is 11.1 Å². The van der Waals surface area contributed by atoms with Gasteiger partial charge in [0.25, 0.3) is 0 Å². The summed E-state index contributed by atoms with van der Waals surface area (Å²) in [6.45, 7) is 2.33. The molecule has 0 radical (unpaired) electrons. The zero-order valence-corrected chi connectivity index (χ0v) is 12.6. The smallest absolute Gasteiger partial charge is 0.184 e. The van der Waals surface area contributed by atoms with Gasteiger partial charge in [0.2, 0.25) is 0 Å². The van der Waals surface area contributed by atoms with E-state index in [1.807, 2.05) is 0 Å². The van der Waals surface area contributed by atoms with Crippen LogP contribution in [0.25, 0.3) is 0 Å². The molecule has 1 aliphatic carbocycles. The van der Waals surface area contributed by atoms with E-state index in [1.165, 1.54) is 12.0 Å². The van der Waals surface area contributed by atoms with E-state index in [0.717, 1.165) is 37.3 Å². The van der Waals surface area contributed by atoms with Crippen LogP contribution in [-0.4, -0.2) is 25.1 Å². The Morgan fingerprint density at radius 1 is 1.53 bits per heavy atom. The van der Waals surface area contributed by atoms with E-state index in [4.69, 9.17) is 5.73 Å². The maximum absolute atomic E-state index is 12.0. The molecule has 0 saturated carbocycles. The van der Waals surface area contributed by atoms with Crippen molar-refractivity contribution in [2.75, 3.05) is 23.3 Å². The average molecular weight is 301 g/mol. The highest BCUT2D eigenvalue weighted by Crippen LogP contribution is 2.32. The summed E-state index contributed by atoms with van der Waals surface area (Å²) in [6, 6.07) is 0. The van der Waals surface area contributed by atoms with E-state index in [-0.39, 0.29) is 16.5 Å². The Morgan fingerprint density at radius 2 is 2.32 bits per heavy atom. The third-order valence-corrected chi connectivity index (χ3v) is 5.98. The molecule has 0 saturated heterocycles. The number of allylic oxidation sites excluding steroid dienone is 1. The van der Waals surface area contributed by atoms with Crippen LogP contribution in [0, 0.1) is 0 Å². The van der Waals surface area contributed by atoms with Crippen LogP contribution in [0.5, 0.6) is 0 Å². The van der Waals surface area contributed by atoms with Gasteiger partial charge in [-0.2, -0.15) is 4.37 Å². The first-order chi connectivity index (χ1) is 9.04. The first-order valence-corrected chi connectivity index (χ1v) is 8.87. The molecule has 1 aromatic heterocycles. The van der Waals surface area contributed by atoms with Crippen molar-refractivity contribution < 1.29 is 8.42 Å². The molecule has 1 heterocycles. The lowest BCUT2D eigenvalue weighted by molar-refractivity contribution is 0.598. The lowest BCUT2D eigenvalue weighted by Gasteiger charge is -2.07. The van der Waals surface area contributed by atoms with Crippen molar-refractivity contribution >= 4 is 32.2 Å². The highest BCUT2D eigenvalue weighted by atomic mass is 32.2. The number of nitrogens with one attached hydrogen (secondary N) is 1. The summed E-state index contributed by atoms with van der Waals surface area (Å²) in [5.74, 6) is 0.143. The SMILES string of the molecule is CCS(=O)(=O)c1c(N)nsc1NCCC1=CCCC1. The Hall–Kier alpha value is -1.08. The standard InChI is InChI=1S/C12H19N3O2S2/c1-2-19(16,17)10-11(13)15-18-12(10)14-8-7-9-5-3-4-6-9/h5,14H,2-4,6-8H2,1H3,(H2,13,15). The van der Waals surface area contributed by atoms with Crippen LogP contribution in [0.3, 0.4) is 0 Å². The number of nitrogen functional groups attached to an aromatic ring is 1. The molecule has 2 rings (SSSR count). The van der Waals surface area contributed by atoms with Crippen LogP contribution < -0.4 is 11.1 Å². The van der Waals surface area contributed by atoms with Crippen LogP contribution in [0.15, 0.2) is 16.5 Å². The van der Waals surface area contributed by atoms with Crippen molar-refractivity contribution in [1.82, 2.24) is 4.37 Å². The van der Waals surface area contributed by atoms with Gasteiger partial charge in [0.05, 0.1) is 5.75 Å². The second-order valence-electron chi connectivity index (χ2n) is 4.56. The number of hydrogen-bond donors (Lipinski definition) is 2. The van der Waals surface area contributed by atoms with Crippen LogP contribution in [0.1, 0.15) is 32.6 Å². The van der Waals surface area contributed by atoms with Crippen molar-refractivity contribution in [1.29, 1.82) is 0 Å². The van der Waals surface area contributed by atoms with Gasteiger partial charge in [-0.25, -0.2) is 8.42 Å². The summed E-state index contributed by atoms with van der Waals surface area (Å²) in [7, 11) is -3.32. The number of anilines is 2. The topological polar surface area (TPSA) is 85.1 Å². The molecule has 0 amide bonds. The van der Waals surface area contributed by atoms with Crippen molar-refractivity contribution in [3.05, 3.63) is 11.6 Å². The maximum Gasteiger partial charge on any atom is 0.184 e.